The quantitative estimate of drug-likeness (QED) is 0.870. The number of ether oxygens (including phenoxy) is 1. The van der Waals surface area contributed by atoms with Crippen molar-refractivity contribution < 1.29 is 18.3 Å². The molecule has 0 fully saturated rings. The predicted octanol–water partition coefficient (Wildman–Crippen LogP) is 2.62. The second kappa shape index (κ2) is 6.51. The van der Waals surface area contributed by atoms with E-state index in [0.29, 0.717) is 5.69 Å². The van der Waals surface area contributed by atoms with Crippen LogP contribution in [0.4, 0.5) is 14.5 Å². The number of carbonyl (C=O) groups excluding carboxylic acids is 1. The lowest BCUT2D eigenvalue weighted by Gasteiger charge is -2.10. The summed E-state index contributed by atoms with van der Waals surface area (Å²) in [7, 11) is 0. The lowest BCUT2D eigenvalue weighted by Crippen LogP contribution is -2.23. The lowest BCUT2D eigenvalue weighted by molar-refractivity contribution is -0.116. The molecule has 1 aromatic rings. The number of nitrogens with two attached hydrogens (primary N) is 1. The first-order valence-corrected chi connectivity index (χ1v) is 5.56. The van der Waals surface area contributed by atoms with Crippen molar-refractivity contribution in [1.82, 2.24) is 0 Å². The Balaban J connectivity index is 2.69. The van der Waals surface area contributed by atoms with Gasteiger partial charge in [-0.25, -0.2) is 0 Å². The predicted molar refractivity (Wildman–Crippen MR) is 65.0 cm³/mol. The first kappa shape index (κ1) is 14.7. The molecule has 0 saturated carbocycles. The van der Waals surface area contributed by atoms with E-state index in [4.69, 9.17) is 17.3 Å². The molecule has 1 unspecified atom stereocenters. The maximum absolute atomic E-state index is 12.0. The average molecular weight is 279 g/mol. The number of anilines is 1. The molecule has 0 spiro atoms. The van der Waals surface area contributed by atoms with Crippen LogP contribution in [0.5, 0.6) is 5.75 Å². The van der Waals surface area contributed by atoms with Crippen LogP contribution in [0.2, 0.25) is 5.02 Å². The van der Waals surface area contributed by atoms with Crippen molar-refractivity contribution in [3.05, 3.63) is 23.2 Å². The summed E-state index contributed by atoms with van der Waals surface area (Å²) in [6.07, 6.45) is 0.160. The first-order valence-electron chi connectivity index (χ1n) is 5.18. The van der Waals surface area contributed by atoms with E-state index >= 15 is 0 Å². The fraction of sp³-hybridized carbons (Fsp3) is 0.364. The van der Waals surface area contributed by atoms with E-state index < -0.39 is 6.61 Å². The van der Waals surface area contributed by atoms with Gasteiger partial charge in [-0.15, -0.1) is 0 Å². The summed E-state index contributed by atoms with van der Waals surface area (Å²) in [5, 5.41) is 2.54. The summed E-state index contributed by atoms with van der Waals surface area (Å²) >= 11 is 5.73. The van der Waals surface area contributed by atoms with Gasteiger partial charge in [0, 0.05) is 18.2 Å². The van der Waals surface area contributed by atoms with E-state index in [1.165, 1.54) is 18.2 Å². The molecule has 1 atom stereocenters. The molecule has 7 heteroatoms. The van der Waals surface area contributed by atoms with Crippen molar-refractivity contribution >= 4 is 23.2 Å². The van der Waals surface area contributed by atoms with Crippen molar-refractivity contribution in [3.63, 3.8) is 0 Å². The number of nitrogens with one attached hydrogen (secondary N) is 1. The van der Waals surface area contributed by atoms with E-state index in [9.17, 15) is 13.6 Å². The highest BCUT2D eigenvalue weighted by atomic mass is 35.5. The second-order valence-corrected chi connectivity index (χ2v) is 4.16. The normalized spacial score (nSPS) is 12.3. The summed E-state index contributed by atoms with van der Waals surface area (Å²) in [5.41, 5.74) is 5.86. The Morgan fingerprint density at radius 3 is 2.72 bits per heavy atom. The number of rotatable bonds is 5. The zero-order chi connectivity index (χ0) is 13.7. The molecule has 4 nitrogen and oxygen atoms in total. The smallest absolute Gasteiger partial charge is 0.387 e. The van der Waals surface area contributed by atoms with Crippen molar-refractivity contribution in [2.45, 2.75) is 26.0 Å². The molecule has 0 aliphatic carbocycles. The van der Waals surface area contributed by atoms with Gasteiger partial charge in [-0.2, -0.15) is 8.78 Å². The summed E-state index contributed by atoms with van der Waals surface area (Å²) in [4.78, 5) is 11.4. The van der Waals surface area contributed by atoms with E-state index in [1.54, 1.807) is 6.92 Å². The van der Waals surface area contributed by atoms with Crippen LogP contribution in [0.1, 0.15) is 13.3 Å². The third-order valence-corrected chi connectivity index (χ3v) is 2.23. The first-order chi connectivity index (χ1) is 8.38. The number of carbonyl (C=O) groups is 1. The highest BCUT2D eigenvalue weighted by Crippen LogP contribution is 2.28. The van der Waals surface area contributed by atoms with Crippen LogP contribution < -0.4 is 15.8 Å². The Hall–Kier alpha value is -1.40. The molecule has 0 bridgehead atoms. The minimum Gasteiger partial charge on any atom is -0.433 e. The number of amides is 1. The van der Waals surface area contributed by atoms with Gasteiger partial charge in [-0.1, -0.05) is 11.6 Å². The van der Waals surface area contributed by atoms with Gasteiger partial charge in [-0.05, 0) is 25.1 Å². The van der Waals surface area contributed by atoms with Crippen LogP contribution in [0, 0.1) is 0 Å². The molecule has 1 aromatic carbocycles. The number of benzene rings is 1. The van der Waals surface area contributed by atoms with Crippen LogP contribution in [0.3, 0.4) is 0 Å². The van der Waals surface area contributed by atoms with Crippen LogP contribution in [0.25, 0.3) is 0 Å². The van der Waals surface area contributed by atoms with E-state index in [2.05, 4.69) is 10.1 Å². The topological polar surface area (TPSA) is 64.4 Å². The van der Waals surface area contributed by atoms with Gasteiger partial charge in [0.15, 0.2) is 0 Å². The monoisotopic (exact) mass is 278 g/mol. The van der Waals surface area contributed by atoms with Gasteiger partial charge in [-0.3, -0.25) is 4.79 Å². The largest absolute Gasteiger partial charge is 0.433 e. The van der Waals surface area contributed by atoms with Gasteiger partial charge >= 0.3 is 6.61 Å². The summed E-state index contributed by atoms with van der Waals surface area (Å²) < 4.78 is 28.2. The zero-order valence-electron chi connectivity index (χ0n) is 9.62. The fourth-order valence-corrected chi connectivity index (χ4v) is 1.50. The highest BCUT2D eigenvalue weighted by molar-refractivity contribution is 6.32. The molecule has 0 radical (unpaired) electrons. The Morgan fingerprint density at radius 2 is 2.22 bits per heavy atom. The minimum absolute atomic E-state index is 0.00565. The molecular formula is C11H13ClF2N2O2. The van der Waals surface area contributed by atoms with Crippen molar-refractivity contribution in [2.24, 2.45) is 5.73 Å². The molecule has 0 aliphatic rings. The van der Waals surface area contributed by atoms with Gasteiger partial charge in [0.25, 0.3) is 0 Å². The fourth-order valence-electron chi connectivity index (χ4n) is 1.27. The van der Waals surface area contributed by atoms with Crippen molar-refractivity contribution in [1.29, 1.82) is 0 Å². The molecule has 1 rings (SSSR count). The SMILES string of the molecule is CC(N)CC(=O)Nc1ccc(OC(F)F)c(Cl)c1. The highest BCUT2D eigenvalue weighted by Gasteiger charge is 2.10. The molecule has 0 heterocycles. The molecule has 0 aromatic heterocycles. The molecule has 100 valence electrons. The standard InChI is InChI=1S/C11H13ClF2N2O2/c1-6(15)4-10(17)16-7-2-3-9(8(12)5-7)18-11(13)14/h2-3,5-6,11H,4,15H2,1H3,(H,16,17). The van der Waals surface area contributed by atoms with Gasteiger partial charge in [0.05, 0.1) is 5.02 Å². The Bertz CT molecular complexity index is 428. The number of hydrogen-bond acceptors (Lipinski definition) is 3. The van der Waals surface area contributed by atoms with Crippen LogP contribution in [0.15, 0.2) is 18.2 Å². The Kier molecular flexibility index (Phi) is 5.30. The number of hydrogen-bond donors (Lipinski definition) is 2. The van der Waals surface area contributed by atoms with Crippen molar-refractivity contribution in [2.75, 3.05) is 5.32 Å². The molecule has 3 N–H and O–H groups in total. The minimum atomic E-state index is -2.94. The van der Waals surface area contributed by atoms with Crippen LogP contribution in [-0.4, -0.2) is 18.6 Å². The van der Waals surface area contributed by atoms with Crippen LogP contribution >= 0.6 is 11.6 Å². The number of halogens is 3. The molecule has 0 aliphatic heterocycles. The Morgan fingerprint density at radius 1 is 1.56 bits per heavy atom. The summed E-state index contributed by atoms with van der Waals surface area (Å²) in [6, 6.07) is 3.75. The van der Waals surface area contributed by atoms with Crippen molar-refractivity contribution in [3.8, 4) is 5.75 Å². The van der Waals surface area contributed by atoms with E-state index in [-0.39, 0.29) is 29.1 Å². The molecular weight excluding hydrogens is 266 g/mol. The van der Waals surface area contributed by atoms with Gasteiger partial charge in [0.1, 0.15) is 5.75 Å². The third kappa shape index (κ3) is 4.85. The maximum atomic E-state index is 12.0. The van der Waals surface area contributed by atoms with E-state index in [0.717, 1.165) is 0 Å². The third-order valence-electron chi connectivity index (χ3n) is 1.94. The lowest BCUT2D eigenvalue weighted by atomic mass is 10.2. The molecule has 0 saturated heterocycles. The average Bonchev–Trinajstić information content (AvgIpc) is 2.20. The maximum Gasteiger partial charge on any atom is 0.387 e. The molecule has 1 amide bonds. The molecule has 18 heavy (non-hydrogen) atoms. The number of alkyl halides is 2. The van der Waals surface area contributed by atoms with Gasteiger partial charge in [0.2, 0.25) is 5.91 Å². The summed E-state index contributed by atoms with van der Waals surface area (Å²) in [5.74, 6) is -0.416. The van der Waals surface area contributed by atoms with Crippen LogP contribution in [-0.2, 0) is 4.79 Å². The zero-order valence-corrected chi connectivity index (χ0v) is 10.4. The Labute approximate surface area is 108 Å². The second-order valence-electron chi connectivity index (χ2n) is 3.75. The van der Waals surface area contributed by atoms with Gasteiger partial charge < -0.3 is 15.8 Å². The summed E-state index contributed by atoms with van der Waals surface area (Å²) in [6.45, 7) is -1.24. The van der Waals surface area contributed by atoms with E-state index in [1.807, 2.05) is 0 Å².